The highest BCUT2D eigenvalue weighted by molar-refractivity contribution is 5.93. The van der Waals surface area contributed by atoms with Crippen LogP contribution in [0.25, 0.3) is 10.9 Å². The highest BCUT2D eigenvalue weighted by atomic mass is 19.1. The number of anilines is 1. The summed E-state index contributed by atoms with van der Waals surface area (Å²) in [5.41, 5.74) is -1.15. The third-order valence-electron chi connectivity index (χ3n) is 5.46. The monoisotopic (exact) mass is 407 g/mol. The van der Waals surface area contributed by atoms with Crippen LogP contribution in [-0.2, 0) is 0 Å². The number of carboxylic acid groups (broad SMARTS) is 1. The van der Waals surface area contributed by atoms with Gasteiger partial charge in [-0.1, -0.05) is 0 Å². The molecule has 0 saturated carbocycles. The molecule has 3 N–H and O–H groups in total. The number of β-amino-alcohol motifs (C(OH)–C–C–N with tert-alkyl or cyclic N) is 1. The van der Waals surface area contributed by atoms with E-state index >= 15 is 4.39 Å². The number of nitrogens with zero attached hydrogens (tertiary/aromatic N) is 2. The molecule has 10 heteroatoms. The van der Waals surface area contributed by atoms with E-state index in [1.165, 1.54) is 6.20 Å². The molecule has 2 atom stereocenters. The zero-order chi connectivity index (χ0) is 20.9. The van der Waals surface area contributed by atoms with Crippen molar-refractivity contribution < 1.29 is 28.9 Å². The first kappa shape index (κ1) is 19.5. The van der Waals surface area contributed by atoms with Crippen molar-refractivity contribution in [2.45, 2.75) is 25.0 Å². The molecule has 0 bridgehead atoms. The topological polar surface area (TPSA) is 113 Å². The van der Waals surface area contributed by atoms with E-state index in [2.05, 4.69) is 10.1 Å². The van der Waals surface area contributed by atoms with Crippen molar-refractivity contribution in [3.05, 3.63) is 28.3 Å². The van der Waals surface area contributed by atoms with Gasteiger partial charge in [0, 0.05) is 19.6 Å². The van der Waals surface area contributed by atoms with Gasteiger partial charge >= 0.3 is 6.16 Å². The molecule has 156 valence electrons. The highest BCUT2D eigenvalue weighted by Crippen LogP contribution is 2.44. The number of hydrogen-bond donors (Lipinski definition) is 3. The molecule has 2 aliphatic heterocycles. The van der Waals surface area contributed by atoms with Crippen molar-refractivity contribution in [2.75, 3.05) is 38.2 Å². The maximum Gasteiger partial charge on any atom is 0.511 e. The van der Waals surface area contributed by atoms with Gasteiger partial charge < -0.3 is 34.5 Å². The van der Waals surface area contributed by atoms with Crippen molar-refractivity contribution in [1.82, 2.24) is 9.88 Å². The number of aliphatic hydroxyl groups is 1. The van der Waals surface area contributed by atoms with E-state index in [1.54, 1.807) is 16.5 Å². The third kappa shape index (κ3) is 3.18. The van der Waals surface area contributed by atoms with Crippen molar-refractivity contribution in [3.8, 4) is 11.5 Å². The predicted molar refractivity (Wildman–Crippen MR) is 103 cm³/mol. The van der Waals surface area contributed by atoms with Crippen molar-refractivity contribution >= 4 is 22.7 Å². The van der Waals surface area contributed by atoms with Crippen molar-refractivity contribution in [3.63, 3.8) is 0 Å². The molecule has 2 unspecified atom stereocenters. The summed E-state index contributed by atoms with van der Waals surface area (Å²) in [6.45, 7) is 3.06. The average Bonchev–Trinajstić information content (AvgIpc) is 3.02. The number of ether oxygens (including phenoxy) is 2. The van der Waals surface area contributed by atoms with Crippen LogP contribution in [0.3, 0.4) is 0 Å². The summed E-state index contributed by atoms with van der Waals surface area (Å²) in [4.78, 5) is 25.3. The molecule has 2 aliphatic rings. The quantitative estimate of drug-likeness (QED) is 0.651. The number of halogens is 1. The van der Waals surface area contributed by atoms with Crippen LogP contribution in [0, 0.1) is 5.82 Å². The van der Waals surface area contributed by atoms with E-state index in [-0.39, 0.29) is 41.8 Å². The molecule has 0 radical (unpaired) electrons. The normalized spacial score (nSPS) is 23.3. The number of hydrogen-bond acceptors (Lipinski definition) is 7. The van der Waals surface area contributed by atoms with Crippen LogP contribution in [0.2, 0.25) is 0 Å². The molecule has 29 heavy (non-hydrogen) atoms. The fourth-order valence-electron chi connectivity index (χ4n) is 4.17. The van der Waals surface area contributed by atoms with Crippen LogP contribution in [0.5, 0.6) is 11.5 Å². The van der Waals surface area contributed by atoms with E-state index in [4.69, 9.17) is 9.84 Å². The van der Waals surface area contributed by atoms with Gasteiger partial charge in [0.2, 0.25) is 5.43 Å². The van der Waals surface area contributed by atoms with Crippen LogP contribution in [0.4, 0.5) is 14.9 Å². The van der Waals surface area contributed by atoms with Gasteiger partial charge in [-0.25, -0.2) is 9.18 Å². The van der Waals surface area contributed by atoms with Gasteiger partial charge in [-0.15, -0.1) is 0 Å². The first-order valence-corrected chi connectivity index (χ1v) is 9.31. The molecule has 0 amide bonds. The fraction of sp³-hybridized carbons (Fsp3) is 0.474. The van der Waals surface area contributed by atoms with E-state index in [9.17, 15) is 14.7 Å². The zero-order valence-electron chi connectivity index (χ0n) is 16.1. The van der Waals surface area contributed by atoms with Gasteiger partial charge in [0.05, 0.1) is 28.7 Å². The SMILES string of the molecule is CNCC1(O)CCN(c2c(F)cc3c(=O)c(OC(=O)O)cn4c3c2OCC4C)C1. The van der Waals surface area contributed by atoms with Gasteiger partial charge in [-0.2, -0.15) is 0 Å². The first-order valence-electron chi connectivity index (χ1n) is 9.31. The molecule has 2 aromatic rings. The van der Waals surface area contributed by atoms with E-state index in [1.807, 2.05) is 6.92 Å². The Balaban J connectivity index is 1.91. The van der Waals surface area contributed by atoms with Gasteiger partial charge in [-0.3, -0.25) is 4.79 Å². The lowest BCUT2D eigenvalue weighted by Crippen LogP contribution is -2.42. The van der Waals surface area contributed by atoms with Crippen LogP contribution < -0.4 is 25.1 Å². The minimum Gasteiger partial charge on any atom is -0.487 e. The Hall–Kier alpha value is -2.85. The molecular weight excluding hydrogens is 385 g/mol. The van der Waals surface area contributed by atoms with Crippen molar-refractivity contribution in [1.29, 1.82) is 0 Å². The number of likely N-dealkylation sites (N-methyl/N-ethyl adjacent to an activating group) is 1. The molecule has 1 fully saturated rings. The maximum absolute atomic E-state index is 15.2. The number of rotatable bonds is 4. The lowest BCUT2D eigenvalue weighted by Gasteiger charge is -2.31. The molecule has 9 nitrogen and oxygen atoms in total. The van der Waals surface area contributed by atoms with Crippen LogP contribution in [-0.4, -0.2) is 59.8 Å². The third-order valence-corrected chi connectivity index (χ3v) is 5.46. The van der Waals surface area contributed by atoms with Gasteiger partial charge in [-0.05, 0) is 26.5 Å². The summed E-state index contributed by atoms with van der Waals surface area (Å²) < 4.78 is 27.3. The highest BCUT2D eigenvalue weighted by Gasteiger charge is 2.39. The largest absolute Gasteiger partial charge is 0.511 e. The lowest BCUT2D eigenvalue weighted by atomic mass is 10.0. The van der Waals surface area contributed by atoms with Gasteiger partial charge in [0.15, 0.2) is 17.3 Å². The van der Waals surface area contributed by atoms with E-state index in [0.717, 1.165) is 6.07 Å². The molecule has 4 rings (SSSR count). The molecule has 1 aromatic heterocycles. The molecule has 1 aromatic carbocycles. The number of carbonyl (C=O) groups is 1. The summed E-state index contributed by atoms with van der Waals surface area (Å²) >= 11 is 0. The van der Waals surface area contributed by atoms with E-state index in [0.29, 0.717) is 25.0 Å². The first-order chi connectivity index (χ1) is 13.7. The van der Waals surface area contributed by atoms with Crippen LogP contribution in [0.15, 0.2) is 17.1 Å². The number of pyridine rings is 1. The number of nitrogens with one attached hydrogen (secondary N) is 1. The number of benzene rings is 1. The zero-order valence-corrected chi connectivity index (χ0v) is 16.1. The molecule has 0 aliphatic carbocycles. The Bertz CT molecular complexity index is 1050. The van der Waals surface area contributed by atoms with Crippen LogP contribution in [0.1, 0.15) is 19.4 Å². The van der Waals surface area contributed by atoms with Gasteiger partial charge in [0.25, 0.3) is 0 Å². The Morgan fingerprint density at radius 1 is 1.52 bits per heavy atom. The van der Waals surface area contributed by atoms with E-state index < -0.39 is 23.0 Å². The van der Waals surface area contributed by atoms with Crippen LogP contribution >= 0.6 is 0 Å². The summed E-state index contributed by atoms with van der Waals surface area (Å²) in [6, 6.07) is 0.860. The standard InChI is InChI=1S/C19H22FN3O6/c1-10-7-28-17-14-11(16(24)13(6-23(10)14)29-18(25)26)5-12(20)15(17)22-4-3-19(27,9-22)8-21-2/h5-6,10,21,27H,3-4,7-9H2,1-2H3,(H,25,26). The summed E-state index contributed by atoms with van der Waals surface area (Å²) in [7, 11) is 1.74. The van der Waals surface area contributed by atoms with Gasteiger partial charge in [0.1, 0.15) is 12.3 Å². The Labute approximate surface area is 165 Å². The Morgan fingerprint density at radius 2 is 2.28 bits per heavy atom. The second-order valence-electron chi connectivity index (χ2n) is 7.62. The molecule has 1 saturated heterocycles. The van der Waals surface area contributed by atoms with Crippen molar-refractivity contribution in [2.24, 2.45) is 0 Å². The predicted octanol–water partition coefficient (Wildman–Crippen LogP) is 1.31. The Morgan fingerprint density at radius 3 is 2.97 bits per heavy atom. The summed E-state index contributed by atoms with van der Waals surface area (Å²) in [5.74, 6) is -0.848. The minimum absolute atomic E-state index is 0.0174. The second kappa shape index (κ2) is 6.89. The minimum atomic E-state index is -1.62. The maximum atomic E-state index is 15.2. The number of aromatic nitrogens is 1. The molecule has 3 heterocycles. The molecular formula is C19H22FN3O6. The summed E-state index contributed by atoms with van der Waals surface area (Å²) in [5, 5.41) is 22.5. The second-order valence-corrected chi connectivity index (χ2v) is 7.62. The lowest BCUT2D eigenvalue weighted by molar-refractivity contribution is 0.0650. The average molecular weight is 407 g/mol. The summed E-state index contributed by atoms with van der Waals surface area (Å²) in [6.07, 6.45) is 0.157. The molecule has 0 spiro atoms. The Kier molecular flexibility index (Phi) is 4.62. The fourth-order valence-corrected chi connectivity index (χ4v) is 4.17. The smallest absolute Gasteiger partial charge is 0.487 e.